The summed E-state index contributed by atoms with van der Waals surface area (Å²) in [6.45, 7) is 6.71. The molecule has 1 saturated heterocycles. The van der Waals surface area contributed by atoms with Crippen molar-refractivity contribution in [3.05, 3.63) is 33.6 Å². The second kappa shape index (κ2) is 6.72. The van der Waals surface area contributed by atoms with E-state index in [9.17, 15) is 9.59 Å². The van der Waals surface area contributed by atoms with E-state index in [1.54, 1.807) is 16.7 Å². The van der Waals surface area contributed by atoms with Crippen LogP contribution in [0.4, 0.5) is 0 Å². The van der Waals surface area contributed by atoms with Crippen LogP contribution in [0.1, 0.15) is 46.3 Å². The lowest BCUT2D eigenvalue weighted by Gasteiger charge is -2.25. The predicted octanol–water partition coefficient (Wildman–Crippen LogP) is 2.18. The second-order valence-corrected chi connectivity index (χ2v) is 6.84. The van der Waals surface area contributed by atoms with Gasteiger partial charge in [0, 0.05) is 26.6 Å². The summed E-state index contributed by atoms with van der Waals surface area (Å²) in [4.78, 5) is 33.3. The SMILES string of the molecule is CC(=O)N1CCN(C(=O)c2sccc2C)CCC1c1nc(C)no1. The third kappa shape index (κ3) is 3.19. The highest BCUT2D eigenvalue weighted by molar-refractivity contribution is 7.12. The van der Waals surface area contributed by atoms with Gasteiger partial charge in [0.25, 0.3) is 5.91 Å². The lowest BCUT2D eigenvalue weighted by Crippen LogP contribution is -2.37. The van der Waals surface area contributed by atoms with Crippen LogP contribution in [0.5, 0.6) is 0 Å². The maximum atomic E-state index is 12.7. The first kappa shape index (κ1) is 16.6. The molecule has 2 aromatic heterocycles. The highest BCUT2D eigenvalue weighted by atomic mass is 32.1. The van der Waals surface area contributed by atoms with Gasteiger partial charge in [0.1, 0.15) is 6.04 Å². The average molecular weight is 348 g/mol. The van der Waals surface area contributed by atoms with E-state index in [1.807, 2.05) is 18.4 Å². The van der Waals surface area contributed by atoms with Crippen molar-refractivity contribution >= 4 is 23.2 Å². The number of nitrogens with zero attached hydrogens (tertiary/aromatic N) is 4. The van der Waals surface area contributed by atoms with E-state index in [0.717, 1.165) is 10.4 Å². The summed E-state index contributed by atoms with van der Waals surface area (Å²) in [6, 6.07) is 1.66. The molecule has 0 bridgehead atoms. The molecule has 2 aromatic rings. The molecule has 24 heavy (non-hydrogen) atoms. The molecule has 1 atom stereocenters. The number of aromatic nitrogens is 2. The zero-order chi connectivity index (χ0) is 17.3. The molecule has 0 aromatic carbocycles. The minimum Gasteiger partial charge on any atom is -0.337 e. The number of carbonyl (C=O) groups excluding carboxylic acids is 2. The Morgan fingerprint density at radius 3 is 2.67 bits per heavy atom. The first-order chi connectivity index (χ1) is 11.5. The number of thiophene rings is 1. The molecule has 128 valence electrons. The van der Waals surface area contributed by atoms with Crippen LogP contribution in [0.3, 0.4) is 0 Å². The fourth-order valence-electron chi connectivity index (χ4n) is 2.95. The molecule has 1 fully saturated rings. The molecule has 0 aliphatic carbocycles. The average Bonchev–Trinajstić information content (AvgIpc) is 3.08. The van der Waals surface area contributed by atoms with Crippen molar-refractivity contribution in [1.82, 2.24) is 19.9 Å². The van der Waals surface area contributed by atoms with Gasteiger partial charge in [0.15, 0.2) is 5.82 Å². The number of aryl methyl sites for hydroxylation is 2. The standard InChI is InChI=1S/C16H20N4O3S/c1-10-5-9-24-14(10)16(22)19-6-4-13(15-17-11(2)18-23-15)20(8-7-19)12(3)21/h5,9,13H,4,6-8H2,1-3H3. The lowest BCUT2D eigenvalue weighted by molar-refractivity contribution is -0.131. The van der Waals surface area contributed by atoms with Gasteiger partial charge in [0.2, 0.25) is 11.8 Å². The van der Waals surface area contributed by atoms with E-state index in [0.29, 0.717) is 37.8 Å². The monoisotopic (exact) mass is 348 g/mol. The molecule has 3 rings (SSSR count). The van der Waals surface area contributed by atoms with E-state index in [-0.39, 0.29) is 17.9 Å². The Kier molecular flexibility index (Phi) is 4.66. The predicted molar refractivity (Wildman–Crippen MR) is 88.7 cm³/mol. The van der Waals surface area contributed by atoms with Crippen LogP contribution in [0.2, 0.25) is 0 Å². The molecule has 0 radical (unpaired) electrons. The molecule has 3 heterocycles. The van der Waals surface area contributed by atoms with Crippen molar-refractivity contribution in [1.29, 1.82) is 0 Å². The summed E-state index contributed by atoms with van der Waals surface area (Å²) in [5.41, 5.74) is 0.988. The maximum absolute atomic E-state index is 12.7. The van der Waals surface area contributed by atoms with Crippen LogP contribution in [-0.4, -0.2) is 51.4 Å². The van der Waals surface area contributed by atoms with Crippen LogP contribution in [0, 0.1) is 13.8 Å². The quantitative estimate of drug-likeness (QED) is 0.831. The van der Waals surface area contributed by atoms with Gasteiger partial charge in [-0.2, -0.15) is 4.98 Å². The molecule has 1 aliphatic heterocycles. The zero-order valence-electron chi connectivity index (χ0n) is 14.0. The van der Waals surface area contributed by atoms with Crippen LogP contribution in [0.15, 0.2) is 16.0 Å². The Labute approximate surface area is 144 Å². The van der Waals surface area contributed by atoms with Crippen LogP contribution in [-0.2, 0) is 4.79 Å². The van der Waals surface area contributed by atoms with Crippen molar-refractivity contribution in [3.63, 3.8) is 0 Å². The fraction of sp³-hybridized carbons (Fsp3) is 0.500. The van der Waals surface area contributed by atoms with Crippen molar-refractivity contribution in [2.45, 2.75) is 33.2 Å². The van der Waals surface area contributed by atoms with Crippen molar-refractivity contribution < 1.29 is 14.1 Å². The minimum atomic E-state index is -0.286. The first-order valence-corrected chi connectivity index (χ1v) is 8.76. The fourth-order valence-corrected chi connectivity index (χ4v) is 3.84. The third-order valence-electron chi connectivity index (χ3n) is 4.24. The molecule has 0 spiro atoms. The highest BCUT2D eigenvalue weighted by Crippen LogP contribution is 2.27. The Bertz CT molecular complexity index is 754. The van der Waals surface area contributed by atoms with Gasteiger partial charge in [-0.3, -0.25) is 9.59 Å². The van der Waals surface area contributed by atoms with E-state index < -0.39 is 0 Å². The van der Waals surface area contributed by atoms with E-state index in [4.69, 9.17) is 4.52 Å². The Balaban J connectivity index is 1.81. The van der Waals surface area contributed by atoms with Gasteiger partial charge < -0.3 is 14.3 Å². The molecule has 1 aliphatic rings. The lowest BCUT2D eigenvalue weighted by atomic mass is 10.1. The summed E-state index contributed by atoms with van der Waals surface area (Å²) < 4.78 is 5.27. The van der Waals surface area contributed by atoms with Gasteiger partial charge in [-0.25, -0.2) is 0 Å². The molecular formula is C16H20N4O3S. The number of hydrogen-bond donors (Lipinski definition) is 0. The van der Waals surface area contributed by atoms with Crippen LogP contribution >= 0.6 is 11.3 Å². The molecule has 2 amide bonds. The summed E-state index contributed by atoms with van der Waals surface area (Å²) in [6.07, 6.45) is 0.581. The zero-order valence-corrected chi connectivity index (χ0v) is 14.8. The van der Waals surface area contributed by atoms with Crippen molar-refractivity contribution in [2.75, 3.05) is 19.6 Å². The minimum absolute atomic E-state index is 0.0216. The molecule has 0 N–H and O–H groups in total. The molecule has 0 saturated carbocycles. The van der Waals surface area contributed by atoms with Gasteiger partial charge >= 0.3 is 0 Å². The topological polar surface area (TPSA) is 79.5 Å². The summed E-state index contributed by atoms with van der Waals surface area (Å²) in [5, 5.41) is 5.74. The Hall–Kier alpha value is -2.22. The Morgan fingerprint density at radius 1 is 1.29 bits per heavy atom. The highest BCUT2D eigenvalue weighted by Gasteiger charge is 2.33. The summed E-state index contributed by atoms with van der Waals surface area (Å²) in [5.74, 6) is 0.940. The largest absolute Gasteiger partial charge is 0.337 e. The molecule has 7 nitrogen and oxygen atoms in total. The number of amides is 2. The molecule has 8 heteroatoms. The molecule has 1 unspecified atom stereocenters. The van der Waals surface area contributed by atoms with E-state index in [1.165, 1.54) is 18.3 Å². The normalized spacial score (nSPS) is 18.5. The van der Waals surface area contributed by atoms with Crippen molar-refractivity contribution in [3.8, 4) is 0 Å². The maximum Gasteiger partial charge on any atom is 0.264 e. The van der Waals surface area contributed by atoms with Gasteiger partial charge in [-0.05, 0) is 37.3 Å². The van der Waals surface area contributed by atoms with E-state index >= 15 is 0 Å². The van der Waals surface area contributed by atoms with Crippen molar-refractivity contribution in [2.24, 2.45) is 0 Å². The van der Waals surface area contributed by atoms with Gasteiger partial charge in [-0.1, -0.05) is 5.16 Å². The summed E-state index contributed by atoms with van der Waals surface area (Å²) in [7, 11) is 0. The Morgan fingerprint density at radius 2 is 2.08 bits per heavy atom. The number of carbonyl (C=O) groups is 2. The number of rotatable bonds is 2. The molecular weight excluding hydrogens is 328 g/mol. The second-order valence-electron chi connectivity index (χ2n) is 5.92. The van der Waals surface area contributed by atoms with Gasteiger partial charge in [0.05, 0.1) is 4.88 Å². The third-order valence-corrected chi connectivity index (χ3v) is 5.24. The van der Waals surface area contributed by atoms with Gasteiger partial charge in [-0.15, -0.1) is 11.3 Å². The van der Waals surface area contributed by atoms with Crippen LogP contribution < -0.4 is 0 Å². The summed E-state index contributed by atoms with van der Waals surface area (Å²) >= 11 is 1.45. The van der Waals surface area contributed by atoms with E-state index in [2.05, 4.69) is 10.1 Å². The number of hydrogen-bond acceptors (Lipinski definition) is 6. The smallest absolute Gasteiger partial charge is 0.264 e. The first-order valence-electron chi connectivity index (χ1n) is 7.88. The van der Waals surface area contributed by atoms with Crippen LogP contribution in [0.25, 0.3) is 0 Å².